The van der Waals surface area contributed by atoms with Gasteiger partial charge in [-0.2, -0.15) is 30.7 Å². The zero-order chi connectivity index (χ0) is 18.4. The molecule has 1 heterocycles. The van der Waals surface area contributed by atoms with Crippen molar-refractivity contribution in [3.63, 3.8) is 0 Å². The van der Waals surface area contributed by atoms with Crippen molar-refractivity contribution in [2.75, 3.05) is 0 Å². The van der Waals surface area contributed by atoms with E-state index in [0.29, 0.717) is 12.1 Å². The minimum absolute atomic E-state index is 0.273. The lowest BCUT2D eigenvalue weighted by molar-refractivity contribution is -0.426. The minimum Gasteiger partial charge on any atom is -0.358 e. The Morgan fingerprint density at radius 1 is 1.17 bits per heavy atom. The van der Waals surface area contributed by atoms with Gasteiger partial charge in [0.25, 0.3) is 0 Å². The van der Waals surface area contributed by atoms with Crippen molar-refractivity contribution < 1.29 is 45.7 Å². The number of aromatic nitrogens is 1. The van der Waals surface area contributed by atoms with Crippen LogP contribution in [0.4, 0.5) is 36.6 Å². The molecule has 7 nitrogen and oxygen atoms in total. The molecule has 0 spiro atoms. The Morgan fingerprint density at radius 2 is 1.65 bits per heavy atom. The Kier molecular flexibility index (Phi) is 4.35. The van der Waals surface area contributed by atoms with E-state index in [4.69, 9.17) is 0 Å². The average molecular weight is 352 g/mol. The first-order chi connectivity index (χ1) is 10.2. The van der Waals surface area contributed by atoms with Crippen LogP contribution >= 0.6 is 0 Å². The van der Waals surface area contributed by atoms with Crippen molar-refractivity contribution in [2.24, 2.45) is 7.05 Å². The maximum Gasteiger partial charge on any atom is 0.462 e. The third-order valence-electron chi connectivity index (χ3n) is 2.67. The van der Waals surface area contributed by atoms with Gasteiger partial charge < -0.3 is 10.1 Å². The summed E-state index contributed by atoms with van der Waals surface area (Å²) in [5.41, 5.74) is -1.18. The Bertz CT molecular complexity index is 640. The molecule has 0 saturated heterocycles. The quantitative estimate of drug-likeness (QED) is 0.361. The molecular formula is C9H5F7N3O4. The van der Waals surface area contributed by atoms with E-state index >= 15 is 0 Å². The van der Waals surface area contributed by atoms with Crippen molar-refractivity contribution >= 4 is 11.7 Å². The smallest absolute Gasteiger partial charge is 0.358 e. The van der Waals surface area contributed by atoms with E-state index in [1.54, 1.807) is 0 Å². The maximum absolute atomic E-state index is 13.1. The van der Waals surface area contributed by atoms with Crippen LogP contribution in [0.3, 0.4) is 0 Å². The molecular weight excluding hydrogens is 347 g/mol. The fourth-order valence-corrected chi connectivity index (χ4v) is 1.43. The van der Waals surface area contributed by atoms with Gasteiger partial charge in [0, 0.05) is 6.07 Å². The van der Waals surface area contributed by atoms with E-state index in [9.17, 15) is 50.8 Å². The number of hydroxylamine groups is 2. The fraction of sp³-hybridized carbons (Fsp3) is 0.444. The molecule has 0 aliphatic rings. The summed E-state index contributed by atoms with van der Waals surface area (Å²) in [4.78, 5) is 20.8. The molecule has 1 radical (unpaired) electrons. The second-order valence-corrected chi connectivity index (χ2v) is 4.11. The molecule has 14 heteroatoms. The molecule has 0 fully saturated rings. The van der Waals surface area contributed by atoms with Gasteiger partial charge in [-0.3, -0.25) is 4.79 Å². The normalized spacial score (nSPS) is 13.1. The molecule has 0 saturated carbocycles. The largest absolute Gasteiger partial charge is 0.462 e. The summed E-state index contributed by atoms with van der Waals surface area (Å²) in [6, 6.07) is -5.43. The van der Waals surface area contributed by atoms with Crippen LogP contribution in [0.5, 0.6) is 0 Å². The standard InChI is InChI=1S/C9H5F7N3O4/c1-17-4(2-3-5(17)19(22)23)6(20)18(21)9(15,16)7(10,11)8(12,13)14/h2-3H,1H3. The molecule has 1 aromatic rings. The molecule has 0 aliphatic carbocycles. The van der Waals surface area contributed by atoms with Gasteiger partial charge in [-0.15, -0.1) is 5.06 Å². The number of halogens is 7. The summed E-state index contributed by atoms with van der Waals surface area (Å²) in [7, 11) is 0.749. The van der Waals surface area contributed by atoms with Crippen LogP contribution in [0.1, 0.15) is 10.5 Å². The number of carbonyl (C=O) groups excluding carboxylic acids is 1. The highest BCUT2D eigenvalue weighted by molar-refractivity contribution is 5.92. The van der Waals surface area contributed by atoms with Gasteiger partial charge in [-0.05, 0) is 11.0 Å². The first kappa shape index (κ1) is 18.7. The Hall–Kier alpha value is -2.38. The molecule has 0 N–H and O–H groups in total. The van der Waals surface area contributed by atoms with Crippen LogP contribution in [-0.2, 0) is 12.3 Å². The number of rotatable bonds is 4. The van der Waals surface area contributed by atoms with E-state index in [2.05, 4.69) is 0 Å². The molecule has 1 rings (SSSR count). The lowest BCUT2D eigenvalue weighted by Gasteiger charge is -2.30. The van der Waals surface area contributed by atoms with Crippen molar-refractivity contribution in [3.8, 4) is 0 Å². The number of hydrogen-bond donors (Lipinski definition) is 0. The fourth-order valence-electron chi connectivity index (χ4n) is 1.43. The number of nitro groups is 1. The monoisotopic (exact) mass is 352 g/mol. The van der Waals surface area contributed by atoms with Gasteiger partial charge >= 0.3 is 29.9 Å². The SMILES string of the molecule is Cn1c(C(=O)N([O])C(F)(F)C(F)(F)C(F)(F)F)ccc1[N+](=O)[O-]. The van der Waals surface area contributed by atoms with Gasteiger partial charge in [0.2, 0.25) is 0 Å². The first-order valence-electron chi connectivity index (χ1n) is 5.30. The molecule has 0 bridgehead atoms. The number of amides is 1. The first-order valence-corrected chi connectivity index (χ1v) is 5.30. The summed E-state index contributed by atoms with van der Waals surface area (Å²) in [6.07, 6.45) is -6.81. The van der Waals surface area contributed by atoms with Gasteiger partial charge in [0.05, 0.1) is 7.05 Å². The van der Waals surface area contributed by atoms with Crippen LogP contribution in [0.15, 0.2) is 12.1 Å². The Labute approximate surface area is 121 Å². The average Bonchev–Trinajstić information content (AvgIpc) is 2.77. The zero-order valence-electron chi connectivity index (χ0n) is 10.8. The van der Waals surface area contributed by atoms with Crippen LogP contribution in [0.2, 0.25) is 0 Å². The minimum atomic E-state index is -6.82. The number of alkyl halides is 7. The van der Waals surface area contributed by atoms with E-state index in [1.165, 1.54) is 0 Å². The number of hydrogen-bond acceptors (Lipinski definition) is 3. The van der Waals surface area contributed by atoms with Gasteiger partial charge in [0.1, 0.15) is 0 Å². The van der Waals surface area contributed by atoms with E-state index < -0.39 is 45.6 Å². The van der Waals surface area contributed by atoms with Crippen molar-refractivity contribution in [1.29, 1.82) is 0 Å². The zero-order valence-corrected chi connectivity index (χ0v) is 10.8. The van der Waals surface area contributed by atoms with Crippen molar-refractivity contribution in [2.45, 2.75) is 18.1 Å². The van der Waals surface area contributed by atoms with Gasteiger partial charge in [0.15, 0.2) is 5.69 Å². The molecule has 1 aromatic heterocycles. The highest BCUT2D eigenvalue weighted by Crippen LogP contribution is 2.48. The van der Waals surface area contributed by atoms with E-state index in [0.717, 1.165) is 7.05 Å². The van der Waals surface area contributed by atoms with Crippen LogP contribution in [-0.4, -0.2) is 38.6 Å². The summed E-state index contributed by atoms with van der Waals surface area (Å²) >= 11 is 0. The highest BCUT2D eigenvalue weighted by Gasteiger charge is 2.77. The number of nitrogens with zero attached hydrogens (tertiary/aromatic N) is 3. The molecule has 1 amide bonds. The van der Waals surface area contributed by atoms with E-state index in [1.807, 2.05) is 0 Å². The maximum atomic E-state index is 13.1. The molecule has 0 unspecified atom stereocenters. The molecule has 0 aliphatic heterocycles. The van der Waals surface area contributed by atoms with Gasteiger partial charge in [-0.1, -0.05) is 5.21 Å². The lowest BCUT2D eigenvalue weighted by Crippen LogP contribution is -2.61. The lowest BCUT2D eigenvalue weighted by atomic mass is 10.2. The van der Waals surface area contributed by atoms with Gasteiger partial charge in [-0.25, -0.2) is 4.57 Å². The van der Waals surface area contributed by atoms with Crippen molar-refractivity contribution in [3.05, 3.63) is 27.9 Å². The predicted octanol–water partition coefficient (Wildman–Crippen LogP) is 2.51. The van der Waals surface area contributed by atoms with Crippen LogP contribution in [0.25, 0.3) is 0 Å². The third-order valence-corrected chi connectivity index (χ3v) is 2.67. The number of carbonyl (C=O) groups is 1. The molecule has 0 atom stereocenters. The molecule has 23 heavy (non-hydrogen) atoms. The summed E-state index contributed by atoms with van der Waals surface area (Å²) in [6.45, 7) is 0. The third kappa shape index (κ3) is 2.80. The summed E-state index contributed by atoms with van der Waals surface area (Å²) in [5, 5.41) is 19.2. The summed E-state index contributed by atoms with van der Waals surface area (Å²) < 4.78 is 87.7. The summed E-state index contributed by atoms with van der Waals surface area (Å²) in [5.74, 6) is -10.2. The Morgan fingerprint density at radius 3 is 2.00 bits per heavy atom. The predicted molar refractivity (Wildman–Crippen MR) is 54.9 cm³/mol. The Balaban J connectivity index is 3.26. The van der Waals surface area contributed by atoms with Crippen LogP contribution in [0, 0.1) is 10.1 Å². The van der Waals surface area contributed by atoms with E-state index in [-0.39, 0.29) is 4.57 Å². The second-order valence-electron chi connectivity index (χ2n) is 4.11. The highest BCUT2D eigenvalue weighted by atomic mass is 19.4. The second kappa shape index (κ2) is 5.36. The molecule has 0 aromatic carbocycles. The topological polar surface area (TPSA) is 88.3 Å². The van der Waals surface area contributed by atoms with Crippen LogP contribution < -0.4 is 0 Å². The van der Waals surface area contributed by atoms with Crippen molar-refractivity contribution in [1.82, 2.24) is 9.63 Å². The molecule has 129 valence electrons.